The summed E-state index contributed by atoms with van der Waals surface area (Å²) in [5.41, 5.74) is 0. The van der Waals surface area contributed by atoms with Crippen LogP contribution in [0.4, 0.5) is 0 Å². The molecular formula is C65H127ClN2O7. The first kappa shape index (κ1) is 77.4. The summed E-state index contributed by atoms with van der Waals surface area (Å²) < 4.78 is 10.6. The fraction of sp³-hybridized carbons (Fsp3) is 0.923. The number of nitrogens with zero attached hydrogens (tertiary/aromatic N) is 2. The average molecular weight is 1080 g/mol. The van der Waals surface area contributed by atoms with Crippen LogP contribution in [0.2, 0.25) is 0 Å². The first-order valence-corrected chi connectivity index (χ1v) is 32.6. The van der Waals surface area contributed by atoms with Gasteiger partial charge in [-0.3, -0.25) is 14.4 Å². The molecule has 2 heterocycles. The molecule has 0 aromatic rings. The molecule has 2 rings (SSSR count). The van der Waals surface area contributed by atoms with E-state index < -0.39 is 5.24 Å². The standard InChI is InChI=1S/C26H50O4.C15H32.C11H21NO.C8H17N.C5H7ClO2/c1-3-5-7-9-12-16-20-25(21-17-13-10-8-6-4-2)30-26(28)22-18-14-11-15-19-23-29-24-27;1-4-6-7-8-9-10-11-12-13-14-15(3)5-2;1-11(13)7-3-2-4-8-12-9-5-6-10-12;1-9-7-5-3-2-4-6-8-9;1-4(7)2-3-5(6)8/h24-25H,3-23H2,1-2H3;15H,4-14H2,1-3H3;2-10H2,1H3;2-8H2,1H3;2-3H2,1H3. The normalized spacial score (nSPS) is 14.1. The number of esters is 1. The molecule has 0 bridgehead atoms. The molecule has 1 atom stereocenters. The third-order valence-corrected chi connectivity index (χ3v) is 14.9. The molecule has 2 aliphatic rings. The lowest BCUT2D eigenvalue weighted by molar-refractivity contribution is -0.150. The van der Waals surface area contributed by atoms with Crippen molar-refractivity contribution in [2.75, 3.05) is 46.4 Å². The molecule has 9 nitrogen and oxygen atoms in total. The van der Waals surface area contributed by atoms with E-state index in [1.54, 1.807) is 6.92 Å². The van der Waals surface area contributed by atoms with Gasteiger partial charge in [0, 0.05) is 25.7 Å². The lowest BCUT2D eigenvalue weighted by Gasteiger charge is -2.18. The highest BCUT2D eigenvalue weighted by Gasteiger charge is 2.15. The van der Waals surface area contributed by atoms with Gasteiger partial charge in [-0.2, -0.15) is 0 Å². The van der Waals surface area contributed by atoms with Crippen molar-refractivity contribution in [1.82, 2.24) is 9.80 Å². The highest BCUT2D eigenvalue weighted by Crippen LogP contribution is 2.19. The molecule has 1 unspecified atom stereocenters. The molecule has 75 heavy (non-hydrogen) atoms. The molecule has 446 valence electrons. The molecule has 0 aromatic carbocycles. The topological polar surface area (TPSA) is 110 Å². The van der Waals surface area contributed by atoms with Gasteiger partial charge in [0.1, 0.15) is 17.7 Å². The first-order valence-electron chi connectivity index (χ1n) is 32.2. The van der Waals surface area contributed by atoms with E-state index in [0.717, 1.165) is 63.7 Å². The molecule has 0 aromatic heterocycles. The summed E-state index contributed by atoms with van der Waals surface area (Å²) in [4.78, 5) is 58.1. The van der Waals surface area contributed by atoms with E-state index >= 15 is 0 Å². The number of likely N-dealkylation sites (tertiary alicyclic amines) is 2. The average Bonchev–Trinajstić information content (AvgIpc) is 3.91. The molecule has 0 radical (unpaired) electrons. The molecular weight excluding hydrogens is 956 g/mol. The summed E-state index contributed by atoms with van der Waals surface area (Å²) in [7, 11) is 2.23. The van der Waals surface area contributed by atoms with E-state index in [1.165, 1.54) is 245 Å². The van der Waals surface area contributed by atoms with Crippen LogP contribution >= 0.6 is 11.6 Å². The third kappa shape index (κ3) is 70.1. The fourth-order valence-electron chi connectivity index (χ4n) is 9.42. The number of rotatable bonds is 44. The van der Waals surface area contributed by atoms with Gasteiger partial charge in [0.15, 0.2) is 0 Å². The summed E-state index contributed by atoms with van der Waals surface area (Å²) in [5.74, 6) is 1.27. The Hall–Kier alpha value is -1.84. The van der Waals surface area contributed by atoms with Crippen molar-refractivity contribution >= 4 is 40.9 Å². The zero-order valence-corrected chi connectivity index (χ0v) is 52.0. The first-order chi connectivity index (χ1) is 36.4. The Morgan fingerprint density at radius 1 is 0.480 bits per heavy atom. The molecule has 2 saturated heterocycles. The second kappa shape index (κ2) is 64.7. The summed E-state index contributed by atoms with van der Waals surface area (Å²) in [5, 5.41) is -0.444. The van der Waals surface area contributed by atoms with Gasteiger partial charge in [0.25, 0.3) is 6.47 Å². The second-order valence-corrected chi connectivity index (χ2v) is 23.0. The van der Waals surface area contributed by atoms with E-state index in [2.05, 4.69) is 56.2 Å². The maximum absolute atomic E-state index is 12.3. The Morgan fingerprint density at radius 3 is 1.32 bits per heavy atom. The SMILES string of the molecule is CC(=O)CCC(=O)Cl.CC(=O)CCCCCN1CCCC1.CCCCCCCCC(CCCCCCCC)OC(=O)CCCCCCCOC=O.CCCCCCCCCCCC(C)CC.CN1CCCCCCC1. The molecule has 0 spiro atoms. The minimum atomic E-state index is -0.444. The molecule has 0 N–H and O–H groups in total. The molecule has 10 heteroatoms. The van der Waals surface area contributed by atoms with Crippen LogP contribution in [0.3, 0.4) is 0 Å². The Balaban J connectivity index is -0.000000956. The van der Waals surface area contributed by atoms with Crippen LogP contribution in [-0.4, -0.2) is 91.5 Å². The molecule has 2 fully saturated rings. The Bertz CT molecular complexity index is 1180. The Labute approximate surface area is 471 Å². The quantitative estimate of drug-likeness (QED) is 0.0255. The molecule has 0 saturated carbocycles. The van der Waals surface area contributed by atoms with Crippen molar-refractivity contribution in [3.63, 3.8) is 0 Å². The lowest BCUT2D eigenvalue weighted by atomic mass is 9.99. The monoisotopic (exact) mass is 1080 g/mol. The zero-order chi connectivity index (χ0) is 56.1. The van der Waals surface area contributed by atoms with Gasteiger partial charge in [-0.15, -0.1) is 0 Å². The summed E-state index contributed by atoms with van der Waals surface area (Å²) >= 11 is 4.93. The number of hydrogen-bond donors (Lipinski definition) is 0. The molecule has 0 amide bonds. The minimum Gasteiger partial charge on any atom is -0.468 e. The second-order valence-electron chi connectivity index (χ2n) is 22.5. The molecule has 0 aliphatic carbocycles. The van der Waals surface area contributed by atoms with Crippen LogP contribution in [-0.2, 0) is 33.4 Å². The van der Waals surface area contributed by atoms with Gasteiger partial charge in [-0.1, -0.05) is 214 Å². The summed E-state index contributed by atoms with van der Waals surface area (Å²) in [6.07, 6.45) is 53.7. The predicted molar refractivity (Wildman–Crippen MR) is 323 cm³/mol. The van der Waals surface area contributed by atoms with E-state index in [1.807, 2.05) is 0 Å². The zero-order valence-electron chi connectivity index (χ0n) is 51.2. The predicted octanol–water partition coefficient (Wildman–Crippen LogP) is 19.1. The number of Topliss-reactive ketones (excluding diaryl/α,β-unsaturated/α-hetero) is 2. The third-order valence-electron chi connectivity index (χ3n) is 14.7. The van der Waals surface area contributed by atoms with Crippen molar-refractivity contribution in [3.05, 3.63) is 0 Å². The van der Waals surface area contributed by atoms with Crippen LogP contribution in [0.5, 0.6) is 0 Å². The van der Waals surface area contributed by atoms with Gasteiger partial charge in [0.05, 0.1) is 6.61 Å². The maximum atomic E-state index is 12.3. The van der Waals surface area contributed by atoms with Gasteiger partial charge in [0.2, 0.25) is 5.24 Å². The summed E-state index contributed by atoms with van der Waals surface area (Å²) in [6, 6.07) is 0. The van der Waals surface area contributed by atoms with Crippen molar-refractivity contribution in [2.24, 2.45) is 5.92 Å². The number of carbonyl (C=O) groups is 5. The number of hydrogen-bond acceptors (Lipinski definition) is 9. The highest BCUT2D eigenvalue weighted by molar-refractivity contribution is 6.63. The van der Waals surface area contributed by atoms with Crippen LogP contribution in [0.15, 0.2) is 0 Å². The van der Waals surface area contributed by atoms with Crippen LogP contribution in [0.1, 0.15) is 331 Å². The van der Waals surface area contributed by atoms with Crippen LogP contribution in [0, 0.1) is 5.92 Å². The number of ether oxygens (including phenoxy) is 2. The van der Waals surface area contributed by atoms with Gasteiger partial charge < -0.3 is 28.9 Å². The lowest BCUT2D eigenvalue weighted by Crippen LogP contribution is -2.22. The number of ketones is 2. The Kier molecular flexibility index (Phi) is 66.7. The fourth-order valence-corrected chi connectivity index (χ4v) is 9.52. The van der Waals surface area contributed by atoms with Gasteiger partial charge in [-0.25, -0.2) is 0 Å². The van der Waals surface area contributed by atoms with Crippen LogP contribution < -0.4 is 0 Å². The van der Waals surface area contributed by atoms with E-state index in [0.29, 0.717) is 25.3 Å². The van der Waals surface area contributed by atoms with Gasteiger partial charge >= 0.3 is 5.97 Å². The van der Waals surface area contributed by atoms with Crippen molar-refractivity contribution < 1.29 is 33.4 Å². The number of halogens is 1. The maximum Gasteiger partial charge on any atom is 0.306 e. The highest BCUT2D eigenvalue weighted by atomic mass is 35.5. The van der Waals surface area contributed by atoms with E-state index in [9.17, 15) is 24.0 Å². The van der Waals surface area contributed by atoms with E-state index in [-0.39, 0.29) is 30.7 Å². The summed E-state index contributed by atoms with van der Waals surface area (Å²) in [6.45, 7) is 22.1. The van der Waals surface area contributed by atoms with Crippen molar-refractivity contribution in [2.45, 2.75) is 337 Å². The number of carbonyl (C=O) groups excluding carboxylic acids is 5. The van der Waals surface area contributed by atoms with Crippen molar-refractivity contribution in [3.8, 4) is 0 Å². The number of unbranched alkanes of at least 4 members (excludes halogenated alkanes) is 24. The van der Waals surface area contributed by atoms with Crippen LogP contribution in [0.25, 0.3) is 0 Å². The van der Waals surface area contributed by atoms with E-state index in [4.69, 9.17) is 16.3 Å². The van der Waals surface area contributed by atoms with Crippen molar-refractivity contribution in [1.29, 1.82) is 0 Å². The molecule has 2 aliphatic heterocycles. The van der Waals surface area contributed by atoms with Gasteiger partial charge in [-0.05, 0) is 148 Å². The smallest absolute Gasteiger partial charge is 0.306 e. The largest absolute Gasteiger partial charge is 0.468 e. The Morgan fingerprint density at radius 2 is 0.880 bits per heavy atom. The minimum absolute atomic E-state index is 0.000926.